The first-order chi connectivity index (χ1) is 8.13. The number of ketones is 1. The summed E-state index contributed by atoms with van der Waals surface area (Å²) in [7, 11) is 4.72. The van der Waals surface area contributed by atoms with Crippen molar-refractivity contribution in [1.82, 2.24) is 0 Å². The van der Waals surface area contributed by atoms with E-state index in [0.717, 1.165) is 5.56 Å². The maximum atomic E-state index is 11.0. The van der Waals surface area contributed by atoms with E-state index < -0.39 is 0 Å². The number of aryl methyl sites for hydroxylation is 1. The van der Waals surface area contributed by atoms with Gasteiger partial charge in [0.15, 0.2) is 11.5 Å². The first kappa shape index (κ1) is 13.4. The molecule has 0 aromatic heterocycles. The lowest BCUT2D eigenvalue weighted by Gasteiger charge is -2.15. The van der Waals surface area contributed by atoms with Gasteiger partial charge in [0.05, 0.1) is 21.3 Å². The summed E-state index contributed by atoms with van der Waals surface area (Å²) < 4.78 is 15.8. The number of methoxy groups -OCH3 is 3. The maximum absolute atomic E-state index is 11.0. The summed E-state index contributed by atoms with van der Waals surface area (Å²) in [5.74, 6) is 1.97. The minimum Gasteiger partial charge on any atom is -0.493 e. The molecular weight excluding hydrogens is 220 g/mol. The van der Waals surface area contributed by atoms with E-state index in [1.165, 1.54) is 0 Å². The van der Waals surface area contributed by atoms with Crippen LogP contribution in [0.25, 0.3) is 0 Å². The molecule has 0 radical (unpaired) electrons. The number of hydrogen-bond donors (Lipinski definition) is 0. The number of carbonyl (C=O) groups is 1. The second-order valence-electron chi connectivity index (χ2n) is 3.70. The van der Waals surface area contributed by atoms with Crippen molar-refractivity contribution in [3.8, 4) is 17.2 Å². The van der Waals surface area contributed by atoms with E-state index in [0.29, 0.717) is 30.1 Å². The molecule has 17 heavy (non-hydrogen) atoms. The van der Waals surface area contributed by atoms with Crippen LogP contribution in [0, 0.1) is 0 Å². The van der Waals surface area contributed by atoms with Gasteiger partial charge in [-0.2, -0.15) is 0 Å². The average Bonchev–Trinajstić information content (AvgIpc) is 2.34. The third-order valence-corrected chi connectivity index (χ3v) is 2.53. The van der Waals surface area contributed by atoms with Gasteiger partial charge in [-0.15, -0.1) is 0 Å². The Morgan fingerprint density at radius 2 is 1.71 bits per heavy atom. The molecule has 0 unspecified atom stereocenters. The second-order valence-corrected chi connectivity index (χ2v) is 3.70. The first-order valence-electron chi connectivity index (χ1n) is 5.41. The maximum Gasteiger partial charge on any atom is 0.203 e. The van der Waals surface area contributed by atoms with Crippen molar-refractivity contribution in [1.29, 1.82) is 0 Å². The Bertz CT molecular complexity index is 399. The Morgan fingerprint density at radius 3 is 2.18 bits per heavy atom. The Labute approximate surface area is 101 Å². The third-order valence-electron chi connectivity index (χ3n) is 2.53. The summed E-state index contributed by atoms with van der Waals surface area (Å²) in [5.41, 5.74) is 0.945. The van der Waals surface area contributed by atoms with Crippen molar-refractivity contribution in [3.05, 3.63) is 17.7 Å². The van der Waals surface area contributed by atoms with Crippen LogP contribution in [0.1, 0.15) is 18.9 Å². The van der Waals surface area contributed by atoms with Crippen LogP contribution in [0.5, 0.6) is 17.2 Å². The SMILES string of the molecule is COc1ccc(CCC(C)=O)c(OC)c1OC. The second kappa shape index (κ2) is 6.13. The van der Waals surface area contributed by atoms with E-state index in [9.17, 15) is 4.79 Å². The highest BCUT2D eigenvalue weighted by molar-refractivity contribution is 5.76. The van der Waals surface area contributed by atoms with E-state index >= 15 is 0 Å². The number of hydrogen-bond acceptors (Lipinski definition) is 4. The van der Waals surface area contributed by atoms with E-state index in [1.807, 2.05) is 12.1 Å². The molecule has 0 aliphatic rings. The fraction of sp³-hybridized carbons (Fsp3) is 0.462. The zero-order valence-electron chi connectivity index (χ0n) is 10.7. The van der Waals surface area contributed by atoms with E-state index in [1.54, 1.807) is 28.3 Å². The molecule has 94 valence electrons. The highest BCUT2D eigenvalue weighted by Gasteiger charge is 2.15. The predicted octanol–water partition coefficient (Wildman–Crippen LogP) is 2.23. The van der Waals surface area contributed by atoms with Crippen LogP contribution in [0.2, 0.25) is 0 Å². The summed E-state index contributed by atoms with van der Waals surface area (Å²) in [6.45, 7) is 1.58. The molecule has 4 heteroatoms. The fourth-order valence-corrected chi connectivity index (χ4v) is 1.67. The van der Waals surface area contributed by atoms with Crippen LogP contribution in [0.4, 0.5) is 0 Å². The Kier molecular flexibility index (Phi) is 4.82. The van der Waals surface area contributed by atoms with Gasteiger partial charge in [-0.05, 0) is 25.0 Å². The topological polar surface area (TPSA) is 44.8 Å². The standard InChI is InChI=1S/C13H18O4/c1-9(14)5-6-10-7-8-11(15-2)13(17-4)12(10)16-3/h7-8H,5-6H2,1-4H3. The number of carbonyl (C=O) groups excluding carboxylic acids is 1. The smallest absolute Gasteiger partial charge is 0.203 e. The highest BCUT2D eigenvalue weighted by atomic mass is 16.5. The Balaban J connectivity index is 3.09. The van der Waals surface area contributed by atoms with Crippen LogP contribution in [-0.2, 0) is 11.2 Å². The van der Waals surface area contributed by atoms with Crippen LogP contribution in [-0.4, -0.2) is 27.1 Å². The van der Waals surface area contributed by atoms with Gasteiger partial charge < -0.3 is 19.0 Å². The predicted molar refractivity (Wildman–Crippen MR) is 65.1 cm³/mol. The van der Waals surface area contributed by atoms with Crippen molar-refractivity contribution in [3.63, 3.8) is 0 Å². The number of Topliss-reactive ketones (excluding diaryl/α,β-unsaturated/α-hetero) is 1. The van der Waals surface area contributed by atoms with Gasteiger partial charge >= 0.3 is 0 Å². The molecule has 0 saturated carbocycles. The van der Waals surface area contributed by atoms with Crippen LogP contribution in [0.15, 0.2) is 12.1 Å². The average molecular weight is 238 g/mol. The monoisotopic (exact) mass is 238 g/mol. The molecule has 1 rings (SSSR count). The van der Waals surface area contributed by atoms with E-state index in [2.05, 4.69) is 0 Å². The normalized spacial score (nSPS) is 9.88. The molecule has 0 N–H and O–H groups in total. The summed E-state index contributed by atoms with van der Waals surface area (Å²) in [5, 5.41) is 0. The molecular formula is C13H18O4. The van der Waals surface area contributed by atoms with E-state index in [-0.39, 0.29) is 5.78 Å². The molecule has 1 aromatic rings. The molecule has 0 spiro atoms. The van der Waals surface area contributed by atoms with Gasteiger partial charge in [0, 0.05) is 6.42 Å². The zero-order chi connectivity index (χ0) is 12.8. The van der Waals surface area contributed by atoms with Crippen molar-refractivity contribution in [2.75, 3.05) is 21.3 Å². The summed E-state index contributed by atoms with van der Waals surface area (Å²) in [4.78, 5) is 11.0. The Morgan fingerprint density at radius 1 is 1.06 bits per heavy atom. The summed E-state index contributed by atoms with van der Waals surface area (Å²) in [6.07, 6.45) is 1.13. The van der Waals surface area contributed by atoms with Crippen molar-refractivity contribution >= 4 is 5.78 Å². The first-order valence-corrected chi connectivity index (χ1v) is 5.41. The number of ether oxygens (including phenoxy) is 3. The van der Waals surface area contributed by atoms with Crippen molar-refractivity contribution < 1.29 is 19.0 Å². The van der Waals surface area contributed by atoms with Gasteiger partial charge in [0.25, 0.3) is 0 Å². The minimum absolute atomic E-state index is 0.154. The lowest BCUT2D eigenvalue weighted by Crippen LogP contribution is -2.01. The largest absolute Gasteiger partial charge is 0.493 e. The van der Waals surface area contributed by atoms with Crippen LogP contribution >= 0.6 is 0 Å². The fourth-order valence-electron chi connectivity index (χ4n) is 1.67. The van der Waals surface area contributed by atoms with Crippen molar-refractivity contribution in [2.45, 2.75) is 19.8 Å². The molecule has 0 heterocycles. The molecule has 0 aliphatic heterocycles. The summed E-state index contributed by atoms with van der Waals surface area (Å²) >= 11 is 0. The molecule has 0 amide bonds. The molecule has 0 fully saturated rings. The zero-order valence-corrected chi connectivity index (χ0v) is 10.7. The van der Waals surface area contributed by atoms with Gasteiger partial charge in [-0.3, -0.25) is 0 Å². The summed E-state index contributed by atoms with van der Waals surface area (Å²) in [6, 6.07) is 3.71. The highest BCUT2D eigenvalue weighted by Crippen LogP contribution is 2.40. The van der Waals surface area contributed by atoms with Crippen molar-refractivity contribution in [2.24, 2.45) is 0 Å². The molecule has 0 aliphatic carbocycles. The molecule has 0 atom stereocenters. The van der Waals surface area contributed by atoms with Gasteiger partial charge in [0.2, 0.25) is 5.75 Å². The van der Waals surface area contributed by atoms with Gasteiger partial charge in [-0.25, -0.2) is 0 Å². The quantitative estimate of drug-likeness (QED) is 0.762. The van der Waals surface area contributed by atoms with Gasteiger partial charge in [-0.1, -0.05) is 6.07 Å². The molecule has 0 saturated heterocycles. The minimum atomic E-state index is 0.154. The van der Waals surface area contributed by atoms with Gasteiger partial charge in [0.1, 0.15) is 5.78 Å². The number of benzene rings is 1. The molecule has 4 nitrogen and oxygen atoms in total. The molecule has 0 bridgehead atoms. The van der Waals surface area contributed by atoms with E-state index in [4.69, 9.17) is 14.2 Å². The van der Waals surface area contributed by atoms with Crippen LogP contribution < -0.4 is 14.2 Å². The lowest BCUT2D eigenvalue weighted by atomic mass is 10.1. The van der Waals surface area contributed by atoms with Crippen LogP contribution in [0.3, 0.4) is 0 Å². The molecule has 1 aromatic carbocycles. The third kappa shape index (κ3) is 3.12. The number of rotatable bonds is 6. The lowest BCUT2D eigenvalue weighted by molar-refractivity contribution is -0.116. The Hall–Kier alpha value is -1.71.